The van der Waals surface area contributed by atoms with E-state index >= 15 is 0 Å². The second kappa shape index (κ2) is 5.52. The fourth-order valence-electron chi connectivity index (χ4n) is 3.36. The predicted octanol–water partition coefficient (Wildman–Crippen LogP) is 2.63. The standard InChI is InChI=1S/C18H19N3O/c22-17-9-15(11-19-17)12-5-7-13(8-6-12)18-20-10-14-3-1-2-4-16(14)21-18/h5-8,10,15H,1-4,9,11H2,(H,19,22). The van der Waals surface area contributed by atoms with Crippen LogP contribution in [-0.2, 0) is 17.6 Å². The second-order valence-electron chi connectivity index (χ2n) is 6.20. The number of fused-ring (bicyclic) bond motifs is 1. The molecule has 2 aromatic rings. The molecular weight excluding hydrogens is 274 g/mol. The summed E-state index contributed by atoms with van der Waals surface area (Å²) in [6.45, 7) is 0.744. The summed E-state index contributed by atoms with van der Waals surface area (Å²) in [6.07, 6.45) is 7.23. The largest absolute Gasteiger partial charge is 0.355 e. The van der Waals surface area contributed by atoms with Crippen molar-refractivity contribution in [3.63, 3.8) is 0 Å². The Hall–Kier alpha value is -2.23. The smallest absolute Gasteiger partial charge is 0.220 e. The third kappa shape index (κ3) is 2.49. The predicted molar refractivity (Wildman–Crippen MR) is 84.5 cm³/mol. The Balaban J connectivity index is 1.59. The summed E-state index contributed by atoms with van der Waals surface area (Å²) in [5.74, 6) is 1.26. The topological polar surface area (TPSA) is 54.9 Å². The lowest BCUT2D eigenvalue weighted by Gasteiger charge is -2.15. The van der Waals surface area contributed by atoms with Crippen LogP contribution in [0.5, 0.6) is 0 Å². The number of benzene rings is 1. The fourth-order valence-corrected chi connectivity index (χ4v) is 3.36. The molecule has 1 aliphatic heterocycles. The van der Waals surface area contributed by atoms with Crippen LogP contribution in [0, 0.1) is 0 Å². The first-order chi connectivity index (χ1) is 10.8. The number of hydrogen-bond acceptors (Lipinski definition) is 3. The van der Waals surface area contributed by atoms with Crippen molar-refractivity contribution in [1.29, 1.82) is 0 Å². The summed E-state index contributed by atoms with van der Waals surface area (Å²) in [7, 11) is 0. The van der Waals surface area contributed by atoms with Gasteiger partial charge in [0, 0.05) is 36.3 Å². The van der Waals surface area contributed by atoms with E-state index in [0.717, 1.165) is 30.8 Å². The summed E-state index contributed by atoms with van der Waals surface area (Å²) in [5, 5.41) is 2.88. The minimum atomic E-state index is 0.145. The summed E-state index contributed by atoms with van der Waals surface area (Å²) < 4.78 is 0. The Labute approximate surface area is 130 Å². The zero-order valence-corrected chi connectivity index (χ0v) is 12.5. The first kappa shape index (κ1) is 13.4. The van der Waals surface area contributed by atoms with Gasteiger partial charge in [-0.05, 0) is 36.8 Å². The molecule has 0 spiro atoms. The van der Waals surface area contributed by atoms with Crippen molar-refractivity contribution in [2.75, 3.05) is 6.54 Å². The van der Waals surface area contributed by atoms with Gasteiger partial charge in [0.1, 0.15) is 0 Å². The number of hydrogen-bond donors (Lipinski definition) is 1. The minimum Gasteiger partial charge on any atom is -0.355 e. The molecule has 1 atom stereocenters. The molecule has 1 aromatic heterocycles. The van der Waals surface area contributed by atoms with Crippen molar-refractivity contribution in [3.05, 3.63) is 47.3 Å². The van der Waals surface area contributed by atoms with Gasteiger partial charge in [0.2, 0.25) is 5.91 Å². The number of carbonyl (C=O) groups is 1. The molecule has 4 nitrogen and oxygen atoms in total. The first-order valence-electron chi connectivity index (χ1n) is 8.01. The average Bonchev–Trinajstić information content (AvgIpc) is 3.01. The Bertz CT molecular complexity index is 709. The van der Waals surface area contributed by atoms with Crippen LogP contribution in [0.25, 0.3) is 11.4 Å². The number of aryl methyl sites for hydroxylation is 2. The van der Waals surface area contributed by atoms with Gasteiger partial charge in [-0.3, -0.25) is 4.79 Å². The van der Waals surface area contributed by atoms with Crippen molar-refractivity contribution >= 4 is 5.91 Å². The summed E-state index contributed by atoms with van der Waals surface area (Å²) in [4.78, 5) is 20.6. The maximum absolute atomic E-state index is 11.3. The van der Waals surface area contributed by atoms with Crippen molar-refractivity contribution < 1.29 is 4.79 Å². The van der Waals surface area contributed by atoms with Crippen LogP contribution < -0.4 is 5.32 Å². The van der Waals surface area contributed by atoms with Crippen LogP contribution >= 0.6 is 0 Å². The zero-order valence-electron chi connectivity index (χ0n) is 12.5. The van der Waals surface area contributed by atoms with Crippen LogP contribution in [-0.4, -0.2) is 22.4 Å². The Morgan fingerprint density at radius 2 is 1.91 bits per heavy atom. The molecule has 2 aliphatic rings. The molecule has 1 saturated heterocycles. The maximum Gasteiger partial charge on any atom is 0.220 e. The molecule has 1 fully saturated rings. The van der Waals surface area contributed by atoms with Gasteiger partial charge in [0.15, 0.2) is 5.82 Å². The molecule has 22 heavy (non-hydrogen) atoms. The van der Waals surface area contributed by atoms with E-state index in [1.54, 1.807) is 0 Å². The van der Waals surface area contributed by atoms with Crippen LogP contribution in [0.1, 0.15) is 42.0 Å². The normalized spacial score (nSPS) is 20.5. The highest BCUT2D eigenvalue weighted by atomic mass is 16.1. The summed E-state index contributed by atoms with van der Waals surface area (Å²) >= 11 is 0. The van der Waals surface area contributed by atoms with Crippen molar-refractivity contribution in [1.82, 2.24) is 15.3 Å². The van der Waals surface area contributed by atoms with E-state index in [1.807, 2.05) is 6.20 Å². The number of rotatable bonds is 2. The molecule has 0 bridgehead atoms. The van der Waals surface area contributed by atoms with Gasteiger partial charge in [-0.2, -0.15) is 0 Å². The van der Waals surface area contributed by atoms with Gasteiger partial charge in [-0.15, -0.1) is 0 Å². The molecule has 1 unspecified atom stereocenters. The Morgan fingerprint density at radius 1 is 1.09 bits per heavy atom. The van der Waals surface area contributed by atoms with Gasteiger partial charge in [0.25, 0.3) is 0 Å². The quantitative estimate of drug-likeness (QED) is 0.926. The third-order valence-electron chi connectivity index (χ3n) is 4.68. The van der Waals surface area contributed by atoms with Gasteiger partial charge < -0.3 is 5.32 Å². The van der Waals surface area contributed by atoms with Gasteiger partial charge in [-0.1, -0.05) is 24.3 Å². The Morgan fingerprint density at radius 3 is 2.68 bits per heavy atom. The van der Waals surface area contributed by atoms with Crippen LogP contribution in [0.3, 0.4) is 0 Å². The van der Waals surface area contributed by atoms with Crippen LogP contribution in [0.4, 0.5) is 0 Å². The average molecular weight is 293 g/mol. The Kier molecular flexibility index (Phi) is 3.37. The summed E-state index contributed by atoms with van der Waals surface area (Å²) in [5.41, 5.74) is 4.78. The number of amides is 1. The second-order valence-corrected chi connectivity index (χ2v) is 6.20. The lowest BCUT2D eigenvalue weighted by molar-refractivity contribution is -0.119. The molecule has 1 aromatic carbocycles. The van der Waals surface area contributed by atoms with E-state index in [2.05, 4.69) is 34.6 Å². The van der Waals surface area contributed by atoms with Crippen molar-refractivity contribution in [2.45, 2.75) is 38.0 Å². The molecule has 2 heterocycles. The van der Waals surface area contributed by atoms with E-state index < -0.39 is 0 Å². The van der Waals surface area contributed by atoms with E-state index in [1.165, 1.54) is 29.7 Å². The van der Waals surface area contributed by atoms with E-state index in [0.29, 0.717) is 12.3 Å². The molecule has 112 valence electrons. The summed E-state index contributed by atoms with van der Waals surface area (Å²) in [6, 6.07) is 8.34. The van der Waals surface area contributed by atoms with Gasteiger partial charge in [0.05, 0.1) is 0 Å². The molecule has 4 rings (SSSR count). The highest BCUT2D eigenvalue weighted by Gasteiger charge is 2.22. The van der Waals surface area contributed by atoms with E-state index in [9.17, 15) is 4.79 Å². The molecule has 0 radical (unpaired) electrons. The lowest BCUT2D eigenvalue weighted by Crippen LogP contribution is -2.13. The SMILES string of the molecule is O=C1CC(c2ccc(-c3ncc4c(n3)CCCC4)cc2)CN1. The number of aromatic nitrogens is 2. The van der Waals surface area contributed by atoms with Gasteiger partial charge in [-0.25, -0.2) is 9.97 Å². The number of carbonyl (C=O) groups excluding carboxylic acids is 1. The van der Waals surface area contributed by atoms with Crippen LogP contribution in [0.2, 0.25) is 0 Å². The number of nitrogens with one attached hydrogen (secondary N) is 1. The zero-order chi connectivity index (χ0) is 14.9. The molecular formula is C18H19N3O. The van der Waals surface area contributed by atoms with E-state index in [4.69, 9.17) is 4.98 Å². The molecule has 0 saturated carbocycles. The molecule has 4 heteroatoms. The van der Waals surface area contributed by atoms with E-state index in [-0.39, 0.29) is 5.91 Å². The van der Waals surface area contributed by atoms with Gasteiger partial charge >= 0.3 is 0 Å². The van der Waals surface area contributed by atoms with Crippen LogP contribution in [0.15, 0.2) is 30.5 Å². The van der Waals surface area contributed by atoms with Crippen molar-refractivity contribution in [3.8, 4) is 11.4 Å². The van der Waals surface area contributed by atoms with Crippen molar-refractivity contribution in [2.24, 2.45) is 0 Å². The lowest BCUT2D eigenvalue weighted by atomic mass is 9.96. The highest BCUT2D eigenvalue weighted by Crippen LogP contribution is 2.26. The highest BCUT2D eigenvalue weighted by molar-refractivity contribution is 5.79. The molecule has 1 aliphatic carbocycles. The fraction of sp³-hybridized carbons (Fsp3) is 0.389. The minimum absolute atomic E-state index is 0.145. The first-order valence-corrected chi connectivity index (χ1v) is 8.01. The molecule has 1 amide bonds. The monoisotopic (exact) mass is 293 g/mol. The third-order valence-corrected chi connectivity index (χ3v) is 4.68. The maximum atomic E-state index is 11.3. The number of nitrogens with zero attached hydrogens (tertiary/aromatic N) is 2. The molecule has 1 N–H and O–H groups in total.